The van der Waals surface area contributed by atoms with Gasteiger partial charge in [0.25, 0.3) is 5.91 Å². The fraction of sp³-hybridized carbons (Fsp3) is 0.263. The van der Waals surface area contributed by atoms with Crippen LogP contribution in [-0.2, 0) is 10.3 Å². The predicted molar refractivity (Wildman–Crippen MR) is 109 cm³/mol. The molecule has 4 rings (SSSR count). The fourth-order valence-corrected chi connectivity index (χ4v) is 5.18. The number of nitrogens with zero attached hydrogens (tertiary/aromatic N) is 1. The second kappa shape index (κ2) is 7.60. The number of thiophene rings is 1. The fourth-order valence-electron chi connectivity index (χ4n) is 3.16. The van der Waals surface area contributed by atoms with Crippen LogP contribution in [0.2, 0.25) is 0 Å². The average Bonchev–Trinajstić information content (AvgIpc) is 3.34. The lowest BCUT2D eigenvalue weighted by Gasteiger charge is -2.38. The van der Waals surface area contributed by atoms with Crippen molar-refractivity contribution in [2.75, 3.05) is 13.2 Å². The standard InChI is InChI=1S/C19H17BrN2O2S2/c20-14-4-1-3-13(11-14)19(6-8-24-9-7-19)22-17(23)16-12-21-18(26-16)15-5-2-10-25-15/h1-5,10-12H,6-9H2,(H,22,23). The van der Waals surface area contributed by atoms with Crippen molar-refractivity contribution in [3.63, 3.8) is 0 Å². The van der Waals surface area contributed by atoms with Crippen LogP contribution < -0.4 is 5.32 Å². The third kappa shape index (κ3) is 3.62. The number of aromatic nitrogens is 1. The summed E-state index contributed by atoms with van der Waals surface area (Å²) in [6.45, 7) is 1.27. The van der Waals surface area contributed by atoms with Gasteiger partial charge in [-0.1, -0.05) is 34.1 Å². The van der Waals surface area contributed by atoms with Gasteiger partial charge in [-0.05, 0) is 42.0 Å². The van der Waals surface area contributed by atoms with Crippen molar-refractivity contribution in [1.82, 2.24) is 10.3 Å². The summed E-state index contributed by atoms with van der Waals surface area (Å²) in [6, 6.07) is 12.2. The summed E-state index contributed by atoms with van der Waals surface area (Å²) in [7, 11) is 0. The molecule has 0 radical (unpaired) electrons. The Balaban J connectivity index is 1.61. The number of hydrogen-bond acceptors (Lipinski definition) is 5. The minimum absolute atomic E-state index is 0.0767. The van der Waals surface area contributed by atoms with E-state index < -0.39 is 5.54 Å². The first-order valence-corrected chi connectivity index (χ1v) is 10.8. The highest BCUT2D eigenvalue weighted by atomic mass is 79.9. The molecule has 0 unspecified atom stereocenters. The highest BCUT2D eigenvalue weighted by Crippen LogP contribution is 2.35. The number of amides is 1. The maximum absolute atomic E-state index is 13.0. The first-order chi connectivity index (χ1) is 12.7. The molecule has 7 heteroatoms. The normalized spacial score (nSPS) is 16.3. The molecule has 1 fully saturated rings. The van der Waals surface area contributed by atoms with Gasteiger partial charge in [-0.15, -0.1) is 22.7 Å². The Morgan fingerprint density at radius 1 is 1.23 bits per heavy atom. The molecule has 0 aliphatic carbocycles. The van der Waals surface area contributed by atoms with Gasteiger partial charge in [0, 0.05) is 17.7 Å². The number of hydrogen-bond donors (Lipinski definition) is 1. The largest absolute Gasteiger partial charge is 0.381 e. The number of ether oxygens (including phenoxy) is 1. The van der Waals surface area contributed by atoms with Crippen LogP contribution >= 0.6 is 38.6 Å². The SMILES string of the molecule is O=C(NC1(c2cccc(Br)c2)CCOCC1)c1cnc(-c2cccs2)s1. The molecule has 1 aromatic carbocycles. The van der Waals surface area contributed by atoms with E-state index in [4.69, 9.17) is 4.74 Å². The van der Waals surface area contributed by atoms with Crippen LogP contribution in [0.4, 0.5) is 0 Å². The van der Waals surface area contributed by atoms with Crippen molar-refractivity contribution in [1.29, 1.82) is 0 Å². The molecule has 134 valence electrons. The lowest BCUT2D eigenvalue weighted by Crippen LogP contribution is -2.49. The van der Waals surface area contributed by atoms with E-state index in [1.165, 1.54) is 11.3 Å². The number of carbonyl (C=O) groups excluding carboxylic acids is 1. The second-order valence-electron chi connectivity index (χ2n) is 6.17. The Bertz CT molecular complexity index is 902. The van der Waals surface area contributed by atoms with E-state index in [0.29, 0.717) is 18.1 Å². The van der Waals surface area contributed by atoms with E-state index in [9.17, 15) is 4.79 Å². The summed E-state index contributed by atoms with van der Waals surface area (Å²) < 4.78 is 6.55. The molecular weight excluding hydrogens is 432 g/mol. The molecule has 26 heavy (non-hydrogen) atoms. The molecule has 3 heterocycles. The van der Waals surface area contributed by atoms with Crippen molar-refractivity contribution in [3.05, 3.63) is 62.9 Å². The molecule has 1 N–H and O–H groups in total. The zero-order valence-corrected chi connectivity index (χ0v) is 17.1. The van der Waals surface area contributed by atoms with Crippen LogP contribution in [0.5, 0.6) is 0 Å². The Kier molecular flexibility index (Phi) is 5.22. The van der Waals surface area contributed by atoms with Gasteiger partial charge >= 0.3 is 0 Å². The van der Waals surface area contributed by atoms with Crippen molar-refractivity contribution in [2.24, 2.45) is 0 Å². The van der Waals surface area contributed by atoms with Gasteiger partial charge < -0.3 is 10.1 Å². The Hall–Kier alpha value is -1.54. The quantitative estimate of drug-likeness (QED) is 0.605. The van der Waals surface area contributed by atoms with Gasteiger partial charge in [0.1, 0.15) is 9.88 Å². The first kappa shape index (κ1) is 17.9. The summed E-state index contributed by atoms with van der Waals surface area (Å²) in [5.41, 5.74) is 0.693. The van der Waals surface area contributed by atoms with Gasteiger partial charge in [0.05, 0.1) is 16.6 Å². The van der Waals surface area contributed by atoms with Gasteiger partial charge in [0.2, 0.25) is 0 Å². The third-order valence-corrected chi connectivity index (χ3v) is 7.07. The maximum Gasteiger partial charge on any atom is 0.263 e. The number of thiazole rings is 1. The minimum atomic E-state index is -0.411. The molecule has 1 aliphatic heterocycles. The van der Waals surface area contributed by atoms with Crippen LogP contribution in [0.25, 0.3) is 9.88 Å². The Morgan fingerprint density at radius 2 is 2.08 bits per heavy atom. The number of benzene rings is 1. The molecule has 0 bridgehead atoms. The van der Waals surface area contributed by atoms with E-state index in [1.54, 1.807) is 17.5 Å². The average molecular weight is 449 g/mol. The molecular formula is C19H17BrN2O2S2. The van der Waals surface area contributed by atoms with Crippen LogP contribution in [0, 0.1) is 0 Å². The van der Waals surface area contributed by atoms with Gasteiger partial charge in [-0.3, -0.25) is 4.79 Å². The summed E-state index contributed by atoms with van der Waals surface area (Å²) in [5, 5.41) is 6.18. The predicted octanol–water partition coefficient (Wildman–Crippen LogP) is 5.07. The zero-order valence-electron chi connectivity index (χ0n) is 13.9. The molecule has 2 aromatic heterocycles. The lowest BCUT2D eigenvalue weighted by molar-refractivity contribution is 0.0346. The van der Waals surface area contributed by atoms with Crippen molar-refractivity contribution in [3.8, 4) is 9.88 Å². The van der Waals surface area contributed by atoms with Crippen molar-refractivity contribution in [2.45, 2.75) is 18.4 Å². The maximum atomic E-state index is 13.0. The van der Waals surface area contributed by atoms with E-state index in [2.05, 4.69) is 38.4 Å². The highest BCUT2D eigenvalue weighted by Gasteiger charge is 2.36. The number of carbonyl (C=O) groups is 1. The van der Waals surface area contributed by atoms with Crippen LogP contribution in [0.15, 0.2) is 52.4 Å². The number of nitrogens with one attached hydrogen (secondary N) is 1. The molecule has 0 saturated carbocycles. The van der Waals surface area contributed by atoms with Crippen molar-refractivity contribution < 1.29 is 9.53 Å². The summed E-state index contributed by atoms with van der Waals surface area (Å²) in [6.07, 6.45) is 3.18. The molecule has 0 atom stereocenters. The van der Waals surface area contributed by atoms with Crippen LogP contribution in [0.3, 0.4) is 0 Å². The van der Waals surface area contributed by atoms with E-state index >= 15 is 0 Å². The molecule has 3 aromatic rings. The number of rotatable bonds is 4. The van der Waals surface area contributed by atoms with E-state index in [-0.39, 0.29) is 5.91 Å². The van der Waals surface area contributed by atoms with Crippen LogP contribution in [0.1, 0.15) is 28.1 Å². The Labute approximate surface area is 168 Å². The number of halogens is 1. The van der Waals surface area contributed by atoms with E-state index in [0.717, 1.165) is 32.8 Å². The lowest BCUT2D eigenvalue weighted by atomic mass is 9.82. The first-order valence-electron chi connectivity index (χ1n) is 8.32. The molecule has 0 spiro atoms. The summed E-state index contributed by atoms with van der Waals surface area (Å²) >= 11 is 6.60. The molecule has 1 amide bonds. The van der Waals surface area contributed by atoms with Crippen molar-refractivity contribution >= 4 is 44.5 Å². The highest BCUT2D eigenvalue weighted by molar-refractivity contribution is 9.10. The summed E-state index contributed by atoms with van der Waals surface area (Å²) in [5.74, 6) is -0.0767. The minimum Gasteiger partial charge on any atom is -0.381 e. The van der Waals surface area contributed by atoms with Gasteiger partial charge in [-0.25, -0.2) is 4.98 Å². The zero-order chi connectivity index (χ0) is 18.0. The summed E-state index contributed by atoms with van der Waals surface area (Å²) in [4.78, 5) is 19.1. The monoisotopic (exact) mass is 448 g/mol. The molecule has 1 aliphatic rings. The van der Waals surface area contributed by atoms with Crippen LogP contribution in [-0.4, -0.2) is 24.1 Å². The smallest absolute Gasteiger partial charge is 0.263 e. The van der Waals surface area contributed by atoms with Gasteiger partial charge in [-0.2, -0.15) is 0 Å². The Morgan fingerprint density at radius 3 is 2.81 bits per heavy atom. The third-order valence-electron chi connectivity index (χ3n) is 4.54. The topological polar surface area (TPSA) is 51.2 Å². The van der Waals surface area contributed by atoms with Gasteiger partial charge in [0.15, 0.2) is 0 Å². The molecule has 1 saturated heterocycles. The van der Waals surface area contributed by atoms with E-state index in [1.807, 2.05) is 29.6 Å². The second-order valence-corrected chi connectivity index (χ2v) is 9.06. The molecule has 4 nitrogen and oxygen atoms in total.